The van der Waals surface area contributed by atoms with Crippen LogP contribution in [0, 0.1) is 0 Å². The van der Waals surface area contributed by atoms with Gasteiger partial charge in [0.2, 0.25) is 0 Å². The molecule has 1 aliphatic rings. The van der Waals surface area contributed by atoms with Crippen molar-refractivity contribution < 1.29 is 19.1 Å². The molecule has 1 aliphatic heterocycles. The van der Waals surface area contributed by atoms with E-state index in [-0.39, 0.29) is 23.7 Å². The summed E-state index contributed by atoms with van der Waals surface area (Å²) in [7, 11) is 1.34. The lowest BCUT2D eigenvalue weighted by Gasteiger charge is -2.16. The molecule has 1 aromatic carbocycles. The number of carbonyl (C=O) groups excluding carboxylic acids is 2. The Morgan fingerprint density at radius 2 is 2.08 bits per heavy atom. The normalized spacial score (nSPS) is 16.0. The number of hydrogen-bond donors (Lipinski definition) is 2. The van der Waals surface area contributed by atoms with E-state index >= 15 is 0 Å². The molecule has 36 heavy (non-hydrogen) atoms. The Labute approximate surface area is 211 Å². The maximum atomic E-state index is 13.1. The molecule has 1 saturated heterocycles. The first kappa shape index (κ1) is 25.4. The fourth-order valence-electron chi connectivity index (χ4n) is 4.50. The van der Waals surface area contributed by atoms with Gasteiger partial charge >= 0.3 is 5.97 Å². The molecule has 0 bridgehead atoms. The third-order valence-electron chi connectivity index (χ3n) is 6.38. The second-order valence-electron chi connectivity index (χ2n) is 9.42. The first-order chi connectivity index (χ1) is 17.4. The average Bonchev–Trinajstić information content (AvgIpc) is 3.49. The number of pyridine rings is 1. The number of benzene rings is 1. The zero-order chi connectivity index (χ0) is 25.7. The Kier molecular flexibility index (Phi) is 8.05. The SMILES string of the molecule is C=C(C)CCC(C)Nc1cnc2c(c1)c(NC(=O)c1ccccc1)c(C(=O)OC)n2CC1CCCO1. The quantitative estimate of drug-likeness (QED) is 0.291. The van der Waals surface area contributed by atoms with Crippen LogP contribution in [0.2, 0.25) is 0 Å². The van der Waals surface area contributed by atoms with Crippen molar-refractivity contribution in [2.24, 2.45) is 0 Å². The van der Waals surface area contributed by atoms with E-state index in [1.807, 2.05) is 23.6 Å². The van der Waals surface area contributed by atoms with Crippen molar-refractivity contribution in [2.75, 3.05) is 24.4 Å². The van der Waals surface area contributed by atoms with Crippen LogP contribution in [-0.4, -0.2) is 47.3 Å². The summed E-state index contributed by atoms with van der Waals surface area (Å²) in [4.78, 5) is 30.9. The minimum absolute atomic E-state index is 0.0385. The van der Waals surface area contributed by atoms with Crippen molar-refractivity contribution >= 4 is 34.3 Å². The molecule has 0 spiro atoms. The molecule has 3 heterocycles. The van der Waals surface area contributed by atoms with Gasteiger partial charge in [-0.2, -0.15) is 0 Å². The zero-order valence-corrected chi connectivity index (χ0v) is 21.2. The third kappa shape index (κ3) is 5.76. The maximum absolute atomic E-state index is 13.1. The van der Waals surface area contributed by atoms with Crippen LogP contribution in [0.4, 0.5) is 11.4 Å². The molecular formula is C28H34N4O4. The van der Waals surface area contributed by atoms with Crippen molar-refractivity contribution in [3.05, 3.63) is 66.0 Å². The highest BCUT2D eigenvalue weighted by molar-refractivity contribution is 6.14. The lowest BCUT2D eigenvalue weighted by Crippen LogP contribution is -2.21. The highest BCUT2D eigenvalue weighted by Gasteiger charge is 2.29. The number of hydrogen-bond acceptors (Lipinski definition) is 6. The van der Waals surface area contributed by atoms with Crippen LogP contribution in [0.15, 0.2) is 54.7 Å². The van der Waals surface area contributed by atoms with Crippen LogP contribution >= 0.6 is 0 Å². The zero-order valence-electron chi connectivity index (χ0n) is 21.2. The lowest BCUT2D eigenvalue weighted by atomic mass is 10.1. The fourth-order valence-corrected chi connectivity index (χ4v) is 4.50. The first-order valence-electron chi connectivity index (χ1n) is 12.4. The number of rotatable bonds is 10. The van der Waals surface area contributed by atoms with Gasteiger partial charge in [0, 0.05) is 23.6 Å². The van der Waals surface area contributed by atoms with Crippen LogP contribution in [-0.2, 0) is 16.0 Å². The van der Waals surface area contributed by atoms with Gasteiger partial charge in [-0.15, -0.1) is 6.58 Å². The van der Waals surface area contributed by atoms with Crippen molar-refractivity contribution in [2.45, 2.75) is 58.2 Å². The standard InChI is InChI=1S/C28H34N4O4/c1-18(2)12-13-19(3)30-21-15-23-24(31-27(33)20-9-6-5-7-10-20)25(28(34)35-4)32(26(23)29-16-21)17-22-11-8-14-36-22/h5-7,9-10,15-16,19,22,30H,1,8,11-14,17H2,2-4H3,(H,31,33). The summed E-state index contributed by atoms with van der Waals surface area (Å²) in [5.74, 6) is -0.858. The third-order valence-corrected chi connectivity index (χ3v) is 6.38. The summed E-state index contributed by atoms with van der Waals surface area (Å²) in [6.45, 7) is 9.24. The Morgan fingerprint density at radius 1 is 1.31 bits per heavy atom. The molecule has 1 amide bonds. The number of nitrogens with one attached hydrogen (secondary N) is 2. The number of aromatic nitrogens is 2. The van der Waals surface area contributed by atoms with E-state index in [4.69, 9.17) is 14.5 Å². The number of anilines is 2. The van der Waals surface area contributed by atoms with Gasteiger partial charge in [0.1, 0.15) is 5.65 Å². The molecular weight excluding hydrogens is 456 g/mol. The largest absolute Gasteiger partial charge is 0.464 e. The van der Waals surface area contributed by atoms with E-state index < -0.39 is 5.97 Å². The van der Waals surface area contributed by atoms with E-state index in [0.29, 0.717) is 35.4 Å². The number of methoxy groups -OCH3 is 1. The molecule has 190 valence electrons. The topological polar surface area (TPSA) is 94.5 Å². The average molecular weight is 491 g/mol. The summed E-state index contributed by atoms with van der Waals surface area (Å²) in [5.41, 5.74) is 3.66. The maximum Gasteiger partial charge on any atom is 0.356 e. The number of fused-ring (bicyclic) bond motifs is 1. The minimum Gasteiger partial charge on any atom is -0.464 e. The van der Waals surface area contributed by atoms with E-state index in [9.17, 15) is 9.59 Å². The van der Waals surface area contributed by atoms with E-state index in [2.05, 4.69) is 24.1 Å². The van der Waals surface area contributed by atoms with Crippen LogP contribution in [0.5, 0.6) is 0 Å². The Hall–Kier alpha value is -3.65. The van der Waals surface area contributed by atoms with E-state index in [1.54, 1.807) is 30.5 Å². The van der Waals surface area contributed by atoms with Gasteiger partial charge in [0.25, 0.3) is 5.91 Å². The smallest absolute Gasteiger partial charge is 0.356 e. The molecule has 8 nitrogen and oxygen atoms in total. The highest BCUT2D eigenvalue weighted by Crippen LogP contribution is 2.34. The van der Waals surface area contributed by atoms with Gasteiger partial charge in [-0.25, -0.2) is 9.78 Å². The lowest BCUT2D eigenvalue weighted by molar-refractivity contribution is 0.0580. The number of carbonyl (C=O) groups is 2. The van der Waals surface area contributed by atoms with Gasteiger partial charge < -0.3 is 24.7 Å². The van der Waals surface area contributed by atoms with Crippen LogP contribution < -0.4 is 10.6 Å². The summed E-state index contributed by atoms with van der Waals surface area (Å²) in [6, 6.07) is 11.0. The van der Waals surface area contributed by atoms with Gasteiger partial charge in [-0.3, -0.25) is 4.79 Å². The molecule has 0 aliphatic carbocycles. The van der Waals surface area contributed by atoms with Gasteiger partial charge in [0.05, 0.1) is 37.3 Å². The summed E-state index contributed by atoms with van der Waals surface area (Å²) < 4.78 is 12.8. The number of ether oxygens (including phenoxy) is 2. The summed E-state index contributed by atoms with van der Waals surface area (Å²) >= 11 is 0. The van der Waals surface area contributed by atoms with Crippen LogP contribution in [0.25, 0.3) is 11.0 Å². The van der Waals surface area contributed by atoms with Crippen LogP contribution in [0.3, 0.4) is 0 Å². The number of allylic oxidation sites excluding steroid dienone is 1. The van der Waals surface area contributed by atoms with Crippen molar-refractivity contribution in [1.82, 2.24) is 9.55 Å². The van der Waals surface area contributed by atoms with Gasteiger partial charge in [0.15, 0.2) is 5.69 Å². The van der Waals surface area contributed by atoms with Crippen molar-refractivity contribution in [3.63, 3.8) is 0 Å². The summed E-state index contributed by atoms with van der Waals surface area (Å²) in [6.07, 6.45) is 5.44. The molecule has 8 heteroatoms. The molecule has 3 aromatic rings. The molecule has 2 atom stereocenters. The number of nitrogens with zero attached hydrogens (tertiary/aromatic N) is 2. The predicted molar refractivity (Wildman–Crippen MR) is 142 cm³/mol. The second kappa shape index (κ2) is 11.4. The van der Waals surface area contributed by atoms with Crippen LogP contribution in [0.1, 0.15) is 60.4 Å². The summed E-state index contributed by atoms with van der Waals surface area (Å²) in [5, 5.41) is 7.11. The molecule has 2 unspecified atom stereocenters. The van der Waals surface area contributed by atoms with E-state index in [0.717, 1.165) is 36.9 Å². The first-order valence-corrected chi connectivity index (χ1v) is 12.4. The Morgan fingerprint density at radius 3 is 2.75 bits per heavy atom. The van der Waals surface area contributed by atoms with E-state index in [1.165, 1.54) is 7.11 Å². The number of esters is 1. The molecule has 0 saturated carbocycles. The highest BCUT2D eigenvalue weighted by atomic mass is 16.5. The van der Waals surface area contributed by atoms with Crippen molar-refractivity contribution in [1.29, 1.82) is 0 Å². The van der Waals surface area contributed by atoms with Crippen molar-refractivity contribution in [3.8, 4) is 0 Å². The Balaban J connectivity index is 1.78. The monoisotopic (exact) mass is 490 g/mol. The minimum atomic E-state index is -0.543. The predicted octanol–water partition coefficient (Wildman–Crippen LogP) is 5.41. The molecule has 2 N–H and O–H groups in total. The fraction of sp³-hybridized carbons (Fsp3) is 0.393. The molecule has 1 fully saturated rings. The van der Waals surface area contributed by atoms with Gasteiger partial charge in [-0.05, 0) is 57.7 Å². The molecule has 0 radical (unpaired) electrons. The second-order valence-corrected chi connectivity index (χ2v) is 9.42. The number of amides is 1. The van der Waals surface area contributed by atoms with Gasteiger partial charge in [-0.1, -0.05) is 23.8 Å². The Bertz CT molecular complexity index is 1250. The molecule has 4 rings (SSSR count). The molecule has 2 aromatic heterocycles.